The number of nitrogens with zero attached hydrogens (tertiary/aromatic N) is 5. The molecule has 0 aromatic carbocycles. The fraction of sp³-hybridized carbons (Fsp3) is 0.673. The number of nitrogens with one attached hydrogen (secondary N) is 3. The monoisotopic (exact) mass is 1010 g/mol. The molecule has 9 rings (SSSR count). The molecule has 3 unspecified atom stereocenters. The number of anilines is 3. The molecule has 0 saturated carbocycles. The van der Waals surface area contributed by atoms with Crippen LogP contribution in [0.25, 0.3) is 0 Å². The first-order chi connectivity index (χ1) is 34.4. The molecule has 3 atom stereocenters. The molecule has 6 N–H and O–H groups in total. The topological polar surface area (TPSA) is 235 Å². The number of rotatable bonds is 13. The molecule has 6 aliphatic heterocycles. The van der Waals surface area contributed by atoms with Gasteiger partial charge in [0.2, 0.25) is 0 Å². The van der Waals surface area contributed by atoms with E-state index in [1.54, 1.807) is 26.8 Å². The highest BCUT2D eigenvalue weighted by Gasteiger charge is 2.29. The van der Waals surface area contributed by atoms with Crippen LogP contribution >= 0.6 is 0 Å². The van der Waals surface area contributed by atoms with E-state index in [2.05, 4.69) is 61.9 Å². The second-order valence-corrected chi connectivity index (χ2v) is 21.1. The molecule has 0 bridgehead atoms. The quantitative estimate of drug-likeness (QED) is 0.136. The largest absolute Gasteiger partial charge is 0.444 e. The fourth-order valence-electron chi connectivity index (χ4n) is 8.43. The van der Waals surface area contributed by atoms with Gasteiger partial charge in [-0.3, -0.25) is 20.4 Å². The van der Waals surface area contributed by atoms with Gasteiger partial charge in [-0.15, -0.1) is 0 Å². The van der Waals surface area contributed by atoms with E-state index in [9.17, 15) is 14.7 Å². The van der Waals surface area contributed by atoms with Gasteiger partial charge >= 0.3 is 12.2 Å². The maximum Gasteiger partial charge on any atom is 0.413 e. The molecule has 9 heterocycles. The Balaban J connectivity index is 0.000000168. The predicted molar refractivity (Wildman–Crippen MR) is 273 cm³/mol. The maximum absolute atomic E-state index is 12.0. The van der Waals surface area contributed by atoms with Crippen LogP contribution in [0.4, 0.5) is 27.0 Å². The number of carbonyl (C=O) groups excluding carboxylic acids is 2. The number of nitrogen functional groups attached to an aromatic ring is 1. The highest BCUT2D eigenvalue weighted by atomic mass is 16.6. The second kappa shape index (κ2) is 27.1. The molecule has 6 fully saturated rings. The van der Waals surface area contributed by atoms with Crippen molar-refractivity contribution in [3.8, 4) is 0 Å². The minimum absolute atomic E-state index is 0.171. The lowest BCUT2D eigenvalue weighted by Crippen LogP contribution is -2.46. The molecule has 3 aromatic rings. The summed E-state index contributed by atoms with van der Waals surface area (Å²) in [5, 5.41) is 17.9. The van der Waals surface area contributed by atoms with E-state index >= 15 is 0 Å². The van der Waals surface area contributed by atoms with E-state index in [1.165, 1.54) is 11.1 Å². The number of pyridine rings is 3. The first-order valence-electron chi connectivity index (χ1n) is 25.3. The Hall–Kier alpha value is -4.61. The standard InChI is InChI=1S/C19H29N3O4.C15H22N2O4.C14H21N3O2.C4H9NO/c1-19(2,3)26-18(23)21-17-6-5-15(13-7-8-24-10-13)16(20-17)9-22(4)14-11-25-12-14;1-15(2,3)21-14(19)17-13-5-4-11(12(8-18)16-13)10-6-7-20-9-10;1-17(11-8-19-9-11)6-13-12(2-3-14(15)16-13)10-4-5-18-7-10;1-5-4-2-6-3-4/h5-6,13-14H,7-12H2,1-4H3,(H,20,21,23);4-5,10,18H,6-9H2,1-3H3,(H,16,17,19);2-3,10-11H,4-9H2,1H3,(H2,15,16);4-5H,2-3H2,1H3. The van der Waals surface area contributed by atoms with Crippen LogP contribution < -0.4 is 21.7 Å². The second-order valence-electron chi connectivity index (χ2n) is 21.1. The summed E-state index contributed by atoms with van der Waals surface area (Å²) in [6, 6.07) is 13.1. The number of nitrogens with two attached hydrogens (primary N) is 1. The van der Waals surface area contributed by atoms with Crippen LogP contribution in [0.1, 0.15) is 112 Å². The minimum atomic E-state index is -0.564. The molecule has 72 heavy (non-hydrogen) atoms. The first-order valence-corrected chi connectivity index (χ1v) is 25.3. The Morgan fingerprint density at radius 2 is 0.986 bits per heavy atom. The normalized spacial score (nSPS) is 21.2. The summed E-state index contributed by atoms with van der Waals surface area (Å²) in [4.78, 5) is 41.9. The zero-order chi connectivity index (χ0) is 51.8. The van der Waals surface area contributed by atoms with Gasteiger partial charge in [0.15, 0.2) is 0 Å². The molecule has 2 amide bonds. The highest BCUT2D eigenvalue weighted by Crippen LogP contribution is 2.32. The fourth-order valence-corrected chi connectivity index (χ4v) is 8.43. The Bertz CT molecular complexity index is 2160. The van der Waals surface area contributed by atoms with Gasteiger partial charge in [-0.25, -0.2) is 24.5 Å². The number of aromatic nitrogens is 3. The molecule has 0 radical (unpaired) electrons. The maximum atomic E-state index is 12.0. The third-order valence-electron chi connectivity index (χ3n) is 12.9. The van der Waals surface area contributed by atoms with Crippen LogP contribution in [0, 0.1) is 0 Å². The summed E-state index contributed by atoms with van der Waals surface area (Å²) in [7, 11) is 6.15. The van der Waals surface area contributed by atoms with Crippen molar-refractivity contribution in [2.75, 3.05) is 117 Å². The van der Waals surface area contributed by atoms with Crippen LogP contribution in [-0.2, 0) is 57.6 Å². The third kappa shape index (κ3) is 17.8. The van der Waals surface area contributed by atoms with Gasteiger partial charge in [0.1, 0.15) is 28.7 Å². The number of amides is 2. The molecule has 20 heteroatoms. The molecule has 3 aromatic heterocycles. The number of carbonyl (C=O) groups is 2. The Kier molecular flexibility index (Phi) is 21.3. The smallest absolute Gasteiger partial charge is 0.413 e. The average Bonchev–Trinajstić information content (AvgIpc) is 4.08. The zero-order valence-corrected chi connectivity index (χ0v) is 44.0. The van der Waals surface area contributed by atoms with Gasteiger partial charge in [0, 0.05) is 50.7 Å². The summed E-state index contributed by atoms with van der Waals surface area (Å²) in [6.07, 6.45) is 1.95. The van der Waals surface area contributed by atoms with Crippen molar-refractivity contribution in [3.63, 3.8) is 0 Å². The van der Waals surface area contributed by atoms with Crippen LogP contribution in [0.5, 0.6) is 0 Å². The van der Waals surface area contributed by atoms with Crippen molar-refractivity contribution in [1.82, 2.24) is 30.1 Å². The van der Waals surface area contributed by atoms with Crippen molar-refractivity contribution in [2.45, 2.75) is 128 Å². The summed E-state index contributed by atoms with van der Waals surface area (Å²) in [5.74, 6) is 2.56. The minimum Gasteiger partial charge on any atom is -0.444 e. The molecule has 400 valence electrons. The molecule has 6 aliphatic rings. The number of hydrogen-bond acceptors (Lipinski definition) is 18. The van der Waals surface area contributed by atoms with Crippen molar-refractivity contribution in [3.05, 3.63) is 70.2 Å². The highest BCUT2D eigenvalue weighted by molar-refractivity contribution is 5.84. The molecule has 20 nitrogen and oxygen atoms in total. The lowest BCUT2D eigenvalue weighted by atomic mass is 9.96. The predicted octanol–water partition coefficient (Wildman–Crippen LogP) is 5.79. The van der Waals surface area contributed by atoms with E-state index in [-0.39, 0.29) is 12.5 Å². The van der Waals surface area contributed by atoms with Gasteiger partial charge in [-0.05, 0) is 117 Å². The van der Waals surface area contributed by atoms with Crippen LogP contribution in [0.2, 0.25) is 0 Å². The third-order valence-corrected chi connectivity index (χ3v) is 12.9. The number of hydrogen-bond donors (Lipinski definition) is 5. The summed E-state index contributed by atoms with van der Waals surface area (Å²) < 4.78 is 42.3. The number of aliphatic hydroxyl groups is 1. The number of aliphatic hydroxyl groups excluding tert-OH is 1. The van der Waals surface area contributed by atoms with Gasteiger partial charge < -0.3 is 54.1 Å². The van der Waals surface area contributed by atoms with Crippen LogP contribution in [0.3, 0.4) is 0 Å². The number of likely N-dealkylation sites (N-methyl/N-ethyl adjacent to an activating group) is 3. The molecule has 6 saturated heterocycles. The number of ether oxygens (including phenoxy) is 8. The lowest BCUT2D eigenvalue weighted by Gasteiger charge is -2.34. The Morgan fingerprint density at radius 3 is 1.31 bits per heavy atom. The SMILES string of the molecule is CC(C)(C)OC(=O)Nc1ccc(C2CCOC2)c(CO)n1.CN(Cc1nc(N)ccc1C1CCOC1)C1COC1.CN(Cc1nc(NC(=O)OC(C)(C)C)ccc1C1CCOC1)C1COC1.CNC1COC1. The summed E-state index contributed by atoms with van der Waals surface area (Å²) >= 11 is 0. The van der Waals surface area contributed by atoms with Gasteiger partial charge in [0.25, 0.3) is 0 Å². The zero-order valence-electron chi connectivity index (χ0n) is 44.0. The molecular weight excluding hydrogens is 927 g/mol. The summed E-state index contributed by atoms with van der Waals surface area (Å²) in [5.41, 5.74) is 10.8. The molecular formula is C52H81N9O11. The van der Waals surface area contributed by atoms with Crippen molar-refractivity contribution >= 4 is 29.6 Å². The summed E-state index contributed by atoms with van der Waals surface area (Å²) in [6.45, 7) is 21.8. The van der Waals surface area contributed by atoms with Gasteiger partial charge in [0.05, 0.1) is 101 Å². The average molecular weight is 1010 g/mol. The Labute approximate surface area is 425 Å². The molecule has 0 aliphatic carbocycles. The van der Waals surface area contributed by atoms with Gasteiger partial charge in [-0.1, -0.05) is 18.2 Å². The van der Waals surface area contributed by atoms with E-state index in [0.717, 1.165) is 115 Å². The van der Waals surface area contributed by atoms with Crippen LogP contribution in [0.15, 0.2) is 36.4 Å². The van der Waals surface area contributed by atoms with Crippen molar-refractivity contribution < 1.29 is 52.6 Å². The van der Waals surface area contributed by atoms with E-state index in [4.69, 9.17) is 48.6 Å². The lowest BCUT2D eigenvalue weighted by molar-refractivity contribution is -0.0590. The van der Waals surface area contributed by atoms with Crippen molar-refractivity contribution in [1.29, 1.82) is 0 Å². The molecule has 0 spiro atoms. The van der Waals surface area contributed by atoms with Crippen molar-refractivity contribution in [2.24, 2.45) is 0 Å². The Morgan fingerprint density at radius 1 is 0.597 bits per heavy atom. The first kappa shape index (κ1) is 56.7. The van der Waals surface area contributed by atoms with E-state index < -0.39 is 23.4 Å². The van der Waals surface area contributed by atoms with E-state index in [1.807, 2.05) is 46.0 Å². The van der Waals surface area contributed by atoms with E-state index in [0.29, 0.717) is 66.3 Å². The van der Waals surface area contributed by atoms with Gasteiger partial charge in [-0.2, -0.15) is 0 Å². The van der Waals surface area contributed by atoms with Crippen LogP contribution in [-0.4, -0.2) is 172 Å².